The predicted octanol–water partition coefficient (Wildman–Crippen LogP) is 3.34. The average molecular weight is 432 g/mol. The van der Waals surface area contributed by atoms with Gasteiger partial charge in [-0.25, -0.2) is 4.98 Å². The van der Waals surface area contributed by atoms with E-state index < -0.39 is 0 Å². The maximum absolute atomic E-state index is 13.6. The van der Waals surface area contributed by atoms with E-state index in [1.165, 1.54) is 18.4 Å². The van der Waals surface area contributed by atoms with Gasteiger partial charge in [0.1, 0.15) is 16.8 Å². The monoisotopic (exact) mass is 431 g/mol. The van der Waals surface area contributed by atoms with Crippen LogP contribution in [0.4, 0.5) is 5.13 Å². The first-order chi connectivity index (χ1) is 14.4. The van der Waals surface area contributed by atoms with Crippen LogP contribution in [-0.2, 0) is 7.05 Å². The van der Waals surface area contributed by atoms with Gasteiger partial charge >= 0.3 is 0 Å². The average Bonchev–Trinajstić information content (AvgIpc) is 3.35. The number of hydrogen-bond acceptors (Lipinski definition) is 7. The van der Waals surface area contributed by atoms with Crippen LogP contribution in [0.3, 0.4) is 0 Å². The zero-order chi connectivity index (χ0) is 21.8. The first-order valence-corrected chi connectivity index (χ1v) is 10.8. The highest BCUT2D eigenvalue weighted by atomic mass is 32.1. The van der Waals surface area contributed by atoms with Crippen molar-refractivity contribution in [2.24, 2.45) is 7.05 Å². The van der Waals surface area contributed by atoms with Crippen LogP contribution < -0.4 is 14.4 Å². The molecule has 3 aromatic rings. The maximum atomic E-state index is 13.6. The van der Waals surface area contributed by atoms with Crippen LogP contribution in [0, 0.1) is 6.92 Å². The molecule has 0 N–H and O–H groups in total. The summed E-state index contributed by atoms with van der Waals surface area (Å²) in [6.45, 7) is 9.36. The lowest BCUT2D eigenvalue weighted by Crippen LogP contribution is -2.38. The van der Waals surface area contributed by atoms with Gasteiger partial charge in [-0.15, -0.1) is 5.10 Å². The van der Waals surface area contributed by atoms with Crippen molar-refractivity contribution in [1.82, 2.24) is 19.7 Å². The van der Waals surface area contributed by atoms with Gasteiger partial charge in [0.2, 0.25) is 5.88 Å². The van der Waals surface area contributed by atoms with Crippen LogP contribution >= 0.6 is 11.3 Å². The smallest absolute Gasteiger partial charge is 0.267 e. The van der Waals surface area contributed by atoms with Gasteiger partial charge in [-0.3, -0.25) is 14.4 Å². The molecule has 0 aliphatic rings. The summed E-state index contributed by atoms with van der Waals surface area (Å²) in [6.07, 6.45) is 1.69. The molecule has 0 radical (unpaired) electrons. The Bertz CT molecular complexity index is 1030. The van der Waals surface area contributed by atoms with Gasteiger partial charge in [0.15, 0.2) is 5.13 Å². The molecule has 0 atom stereocenters. The second-order valence-electron chi connectivity index (χ2n) is 6.97. The quantitative estimate of drug-likeness (QED) is 0.517. The zero-order valence-corrected chi connectivity index (χ0v) is 19.2. The van der Waals surface area contributed by atoms with E-state index in [9.17, 15) is 4.79 Å². The number of rotatable bonds is 9. The first-order valence-electron chi connectivity index (χ1n) is 9.99. The highest BCUT2D eigenvalue weighted by Crippen LogP contribution is 2.37. The third-order valence-corrected chi connectivity index (χ3v) is 6.35. The Labute approximate surface area is 181 Å². The summed E-state index contributed by atoms with van der Waals surface area (Å²) in [4.78, 5) is 22.3. The molecule has 0 bridgehead atoms. The standard InChI is InChI=1S/C21H29N5O3S/c1-7-25(8-2)11-12-26(20(27)15-13-24(4)23-19(15)29-6)21-22-17-16(28-5)10-9-14(3)18(17)30-21/h9-10,13H,7-8,11-12H2,1-6H3. The van der Waals surface area contributed by atoms with Gasteiger partial charge in [0, 0.05) is 26.3 Å². The fourth-order valence-electron chi connectivity index (χ4n) is 3.35. The molecule has 0 saturated heterocycles. The highest BCUT2D eigenvalue weighted by molar-refractivity contribution is 7.22. The van der Waals surface area contributed by atoms with Crippen molar-refractivity contribution in [3.63, 3.8) is 0 Å². The van der Waals surface area contributed by atoms with E-state index in [1.807, 2.05) is 19.1 Å². The van der Waals surface area contributed by atoms with Crippen molar-refractivity contribution in [3.8, 4) is 11.6 Å². The fraction of sp³-hybridized carbons (Fsp3) is 0.476. The molecule has 9 heteroatoms. The molecule has 8 nitrogen and oxygen atoms in total. The number of carbonyl (C=O) groups is 1. The third-order valence-electron chi connectivity index (χ3n) is 5.14. The number of ether oxygens (including phenoxy) is 2. The number of likely N-dealkylation sites (N-methyl/N-ethyl adjacent to an activating group) is 1. The molecule has 0 aliphatic heterocycles. The molecular formula is C21H29N5O3S. The topological polar surface area (TPSA) is 72.7 Å². The van der Waals surface area contributed by atoms with Crippen LogP contribution in [0.5, 0.6) is 11.6 Å². The lowest BCUT2D eigenvalue weighted by atomic mass is 10.2. The summed E-state index contributed by atoms with van der Waals surface area (Å²) in [6, 6.07) is 3.92. The number of aryl methyl sites for hydroxylation is 2. The molecule has 0 saturated carbocycles. The molecule has 1 aromatic carbocycles. The van der Waals surface area contributed by atoms with Crippen LogP contribution in [0.2, 0.25) is 0 Å². The van der Waals surface area contributed by atoms with Crippen molar-refractivity contribution < 1.29 is 14.3 Å². The molecule has 2 heterocycles. The minimum atomic E-state index is -0.178. The molecular weight excluding hydrogens is 402 g/mol. The summed E-state index contributed by atoms with van der Waals surface area (Å²) in [7, 11) is 4.92. The second kappa shape index (κ2) is 9.44. The Morgan fingerprint density at radius 3 is 2.53 bits per heavy atom. The number of methoxy groups -OCH3 is 2. The SMILES string of the molecule is CCN(CC)CCN(C(=O)c1cn(C)nc1OC)c1nc2c(OC)ccc(C)c2s1. The van der Waals surface area contributed by atoms with Gasteiger partial charge in [-0.1, -0.05) is 31.3 Å². The number of nitrogens with zero attached hydrogens (tertiary/aromatic N) is 5. The molecule has 0 aliphatic carbocycles. The van der Waals surface area contributed by atoms with Gasteiger partial charge < -0.3 is 14.4 Å². The third kappa shape index (κ3) is 4.27. The Balaban J connectivity index is 2.06. The van der Waals surface area contributed by atoms with Crippen LogP contribution in [0.15, 0.2) is 18.3 Å². The molecule has 2 aromatic heterocycles. The van der Waals surface area contributed by atoms with E-state index in [1.54, 1.807) is 29.9 Å². The molecule has 162 valence electrons. The summed E-state index contributed by atoms with van der Waals surface area (Å²) in [5.74, 6) is 0.834. The molecule has 1 amide bonds. The van der Waals surface area contributed by atoms with Crippen LogP contribution in [0.1, 0.15) is 29.8 Å². The zero-order valence-electron chi connectivity index (χ0n) is 18.4. The summed E-state index contributed by atoms with van der Waals surface area (Å²) >= 11 is 1.50. The molecule has 0 fully saturated rings. The lowest BCUT2D eigenvalue weighted by molar-refractivity contribution is 0.0980. The Morgan fingerprint density at radius 2 is 1.90 bits per heavy atom. The molecule has 3 rings (SSSR count). The van der Waals surface area contributed by atoms with Crippen LogP contribution in [0.25, 0.3) is 10.2 Å². The van der Waals surface area contributed by atoms with E-state index in [-0.39, 0.29) is 5.91 Å². The van der Waals surface area contributed by atoms with Crippen molar-refractivity contribution in [2.45, 2.75) is 20.8 Å². The number of hydrogen-bond donors (Lipinski definition) is 0. The summed E-state index contributed by atoms with van der Waals surface area (Å²) in [5, 5.41) is 4.88. The Hall–Kier alpha value is -2.65. The number of thiazole rings is 1. The normalized spacial score (nSPS) is 11.3. The van der Waals surface area contributed by atoms with Crippen molar-refractivity contribution in [2.75, 3.05) is 45.3 Å². The van der Waals surface area contributed by atoms with Gasteiger partial charge in [-0.05, 0) is 31.6 Å². The van der Waals surface area contributed by atoms with Crippen molar-refractivity contribution in [3.05, 3.63) is 29.5 Å². The fourth-order valence-corrected chi connectivity index (χ4v) is 4.43. The van der Waals surface area contributed by atoms with Gasteiger partial charge in [-0.2, -0.15) is 0 Å². The number of benzene rings is 1. The molecule has 30 heavy (non-hydrogen) atoms. The van der Waals surface area contributed by atoms with E-state index in [0.29, 0.717) is 28.9 Å². The number of anilines is 1. The van der Waals surface area contributed by atoms with E-state index in [4.69, 9.17) is 14.5 Å². The Morgan fingerprint density at radius 1 is 1.17 bits per heavy atom. The summed E-state index contributed by atoms with van der Waals surface area (Å²) in [5.41, 5.74) is 2.29. The number of aromatic nitrogens is 3. The second-order valence-corrected chi connectivity index (χ2v) is 7.95. The Kier molecular flexibility index (Phi) is 6.94. The van der Waals surface area contributed by atoms with Gasteiger partial charge in [0.25, 0.3) is 5.91 Å². The predicted molar refractivity (Wildman–Crippen MR) is 120 cm³/mol. The minimum Gasteiger partial charge on any atom is -0.494 e. The van der Waals surface area contributed by atoms with Gasteiger partial charge in [0.05, 0.1) is 18.9 Å². The highest BCUT2D eigenvalue weighted by Gasteiger charge is 2.27. The van der Waals surface area contributed by atoms with E-state index in [0.717, 1.165) is 35.4 Å². The maximum Gasteiger partial charge on any atom is 0.267 e. The van der Waals surface area contributed by atoms with Crippen LogP contribution in [-0.4, -0.2) is 66.0 Å². The largest absolute Gasteiger partial charge is 0.494 e. The van der Waals surface area contributed by atoms with Crippen molar-refractivity contribution in [1.29, 1.82) is 0 Å². The summed E-state index contributed by atoms with van der Waals surface area (Å²) < 4.78 is 13.4. The van der Waals surface area contributed by atoms with Crippen molar-refractivity contribution >= 4 is 32.6 Å². The molecule has 0 unspecified atom stereocenters. The number of amides is 1. The molecule has 0 spiro atoms. The van der Waals surface area contributed by atoms with E-state index in [2.05, 4.69) is 23.8 Å². The number of fused-ring (bicyclic) bond motifs is 1. The first kappa shape index (κ1) is 22.0. The minimum absolute atomic E-state index is 0.178. The van der Waals surface area contributed by atoms with E-state index >= 15 is 0 Å². The lowest BCUT2D eigenvalue weighted by Gasteiger charge is -2.24. The number of carbonyl (C=O) groups excluding carboxylic acids is 1.